The zero-order chi connectivity index (χ0) is 16.3. The minimum absolute atomic E-state index is 0.0388. The molecule has 1 aromatic carbocycles. The zero-order valence-electron chi connectivity index (χ0n) is 12.5. The molecule has 0 fully saturated rings. The first kappa shape index (κ1) is 17.2. The predicted octanol–water partition coefficient (Wildman–Crippen LogP) is 3.29. The molecular formula is C14H17ClN2O3S2. The number of sulfonamides is 1. The summed E-state index contributed by atoms with van der Waals surface area (Å²) < 4.78 is 32.9. The second-order valence-corrected chi connectivity index (χ2v) is 7.87. The molecule has 1 heterocycles. The standard InChI is InChI=1S/C14H17ClN2O3S2/c1-4-20-13-5-9(2)12(15)6-14(13)22(18,19)16-7-11-8-21-10(3)17-11/h5-6,8,16H,4,7H2,1-3H3. The number of aryl methyl sites for hydroxylation is 2. The Kier molecular flexibility index (Phi) is 5.44. The molecular weight excluding hydrogens is 344 g/mol. The number of aromatic nitrogens is 1. The van der Waals surface area contributed by atoms with E-state index in [2.05, 4.69) is 9.71 Å². The van der Waals surface area contributed by atoms with Crippen LogP contribution in [0.4, 0.5) is 0 Å². The lowest BCUT2D eigenvalue weighted by atomic mass is 10.2. The molecule has 0 unspecified atom stereocenters. The summed E-state index contributed by atoms with van der Waals surface area (Å²) in [7, 11) is -3.74. The van der Waals surface area contributed by atoms with Crippen LogP contribution < -0.4 is 9.46 Å². The van der Waals surface area contributed by atoms with Gasteiger partial charge in [0.2, 0.25) is 10.0 Å². The highest BCUT2D eigenvalue weighted by atomic mass is 35.5. The second kappa shape index (κ2) is 6.95. The van der Waals surface area contributed by atoms with Crippen LogP contribution in [0.25, 0.3) is 0 Å². The number of halogens is 1. The molecule has 0 spiro atoms. The third-order valence-electron chi connectivity index (χ3n) is 2.92. The largest absolute Gasteiger partial charge is 0.492 e. The fourth-order valence-electron chi connectivity index (χ4n) is 1.85. The molecule has 8 heteroatoms. The van der Waals surface area contributed by atoms with E-state index in [9.17, 15) is 8.42 Å². The van der Waals surface area contributed by atoms with Crippen molar-refractivity contribution < 1.29 is 13.2 Å². The molecule has 1 N–H and O–H groups in total. The Morgan fingerprint density at radius 2 is 2.09 bits per heavy atom. The van der Waals surface area contributed by atoms with Crippen molar-refractivity contribution in [3.05, 3.63) is 38.8 Å². The fraction of sp³-hybridized carbons (Fsp3) is 0.357. The molecule has 0 saturated heterocycles. The SMILES string of the molecule is CCOc1cc(C)c(Cl)cc1S(=O)(=O)NCc1csc(C)n1. The molecule has 0 bridgehead atoms. The van der Waals surface area contributed by atoms with Gasteiger partial charge in [0.05, 0.1) is 23.9 Å². The average molecular weight is 361 g/mol. The molecule has 0 saturated carbocycles. The Hall–Kier alpha value is -1.15. The minimum atomic E-state index is -3.74. The molecule has 0 aliphatic heterocycles. The Morgan fingerprint density at radius 1 is 1.36 bits per heavy atom. The second-order valence-electron chi connectivity index (χ2n) is 4.66. The van der Waals surface area contributed by atoms with Crippen LogP contribution in [0.2, 0.25) is 5.02 Å². The van der Waals surface area contributed by atoms with Gasteiger partial charge in [-0.05, 0) is 38.5 Å². The van der Waals surface area contributed by atoms with Gasteiger partial charge >= 0.3 is 0 Å². The number of thiazole rings is 1. The highest BCUT2D eigenvalue weighted by molar-refractivity contribution is 7.89. The molecule has 0 radical (unpaired) electrons. The van der Waals surface area contributed by atoms with Crippen LogP contribution in [0.1, 0.15) is 23.2 Å². The predicted molar refractivity (Wildman–Crippen MR) is 88.2 cm³/mol. The van der Waals surface area contributed by atoms with E-state index in [4.69, 9.17) is 16.3 Å². The maximum absolute atomic E-state index is 12.5. The van der Waals surface area contributed by atoms with Gasteiger partial charge in [0.15, 0.2) is 0 Å². The van der Waals surface area contributed by atoms with Crippen molar-refractivity contribution in [2.45, 2.75) is 32.2 Å². The lowest BCUT2D eigenvalue weighted by molar-refractivity contribution is 0.330. The summed E-state index contributed by atoms with van der Waals surface area (Å²) in [5, 5.41) is 3.10. The Bertz CT molecular complexity index is 772. The number of nitrogens with zero attached hydrogens (tertiary/aromatic N) is 1. The van der Waals surface area contributed by atoms with Crippen molar-refractivity contribution in [2.24, 2.45) is 0 Å². The van der Waals surface area contributed by atoms with Crippen LogP contribution in [0.15, 0.2) is 22.4 Å². The first-order valence-corrected chi connectivity index (χ1v) is 9.41. The first-order valence-electron chi connectivity index (χ1n) is 6.67. The lowest BCUT2D eigenvalue weighted by Crippen LogP contribution is -2.24. The van der Waals surface area contributed by atoms with Gasteiger partial charge in [-0.2, -0.15) is 0 Å². The van der Waals surface area contributed by atoms with Crippen molar-refractivity contribution in [3.8, 4) is 5.75 Å². The molecule has 22 heavy (non-hydrogen) atoms. The van der Waals surface area contributed by atoms with Gasteiger partial charge in [-0.15, -0.1) is 11.3 Å². The van der Waals surface area contributed by atoms with E-state index >= 15 is 0 Å². The van der Waals surface area contributed by atoms with Crippen molar-refractivity contribution in [3.63, 3.8) is 0 Å². The molecule has 0 aliphatic carbocycles. The Morgan fingerprint density at radius 3 is 2.68 bits per heavy atom. The molecule has 5 nitrogen and oxygen atoms in total. The van der Waals surface area contributed by atoms with Gasteiger partial charge in [-0.1, -0.05) is 11.6 Å². The maximum Gasteiger partial charge on any atom is 0.244 e. The van der Waals surface area contributed by atoms with E-state index in [0.29, 0.717) is 23.1 Å². The van der Waals surface area contributed by atoms with Gasteiger partial charge in [-0.3, -0.25) is 0 Å². The Balaban J connectivity index is 2.29. The van der Waals surface area contributed by atoms with E-state index in [0.717, 1.165) is 10.6 Å². The summed E-state index contributed by atoms with van der Waals surface area (Å²) in [4.78, 5) is 4.27. The first-order chi connectivity index (χ1) is 10.3. The van der Waals surface area contributed by atoms with Crippen molar-refractivity contribution in [2.75, 3.05) is 6.61 Å². The summed E-state index contributed by atoms with van der Waals surface area (Å²) in [6.45, 7) is 5.97. The number of benzene rings is 1. The topological polar surface area (TPSA) is 68.3 Å². The third kappa shape index (κ3) is 3.98. The highest BCUT2D eigenvalue weighted by Crippen LogP contribution is 2.30. The number of rotatable bonds is 6. The fourth-order valence-corrected chi connectivity index (χ4v) is 3.84. The van der Waals surface area contributed by atoms with Gasteiger partial charge in [0.25, 0.3) is 0 Å². The lowest BCUT2D eigenvalue weighted by Gasteiger charge is -2.13. The smallest absolute Gasteiger partial charge is 0.244 e. The van der Waals surface area contributed by atoms with Crippen molar-refractivity contribution >= 4 is 33.0 Å². The number of hydrogen-bond donors (Lipinski definition) is 1. The summed E-state index contributed by atoms with van der Waals surface area (Å²) in [5.74, 6) is 0.298. The summed E-state index contributed by atoms with van der Waals surface area (Å²) in [5.41, 5.74) is 1.45. The van der Waals surface area contributed by atoms with E-state index in [1.807, 2.05) is 12.3 Å². The van der Waals surface area contributed by atoms with Gasteiger partial charge in [0, 0.05) is 10.4 Å². The summed E-state index contributed by atoms with van der Waals surface area (Å²) in [6.07, 6.45) is 0. The molecule has 2 rings (SSSR count). The molecule has 0 aliphatic rings. The minimum Gasteiger partial charge on any atom is -0.492 e. The van der Waals surface area contributed by atoms with Crippen LogP contribution in [-0.4, -0.2) is 20.0 Å². The van der Waals surface area contributed by atoms with Crippen LogP contribution >= 0.6 is 22.9 Å². The van der Waals surface area contributed by atoms with Crippen molar-refractivity contribution in [1.29, 1.82) is 0 Å². The van der Waals surface area contributed by atoms with Crippen LogP contribution in [-0.2, 0) is 16.6 Å². The van der Waals surface area contributed by atoms with Gasteiger partial charge in [-0.25, -0.2) is 18.1 Å². The zero-order valence-corrected chi connectivity index (χ0v) is 14.9. The average Bonchev–Trinajstić information content (AvgIpc) is 2.86. The molecule has 2 aromatic rings. The van der Waals surface area contributed by atoms with Crippen LogP contribution in [0.3, 0.4) is 0 Å². The quantitative estimate of drug-likeness (QED) is 0.858. The highest BCUT2D eigenvalue weighted by Gasteiger charge is 2.21. The van der Waals surface area contributed by atoms with E-state index < -0.39 is 10.0 Å². The summed E-state index contributed by atoms with van der Waals surface area (Å²) in [6, 6.07) is 3.05. The molecule has 1 aromatic heterocycles. The number of ether oxygens (including phenoxy) is 1. The maximum atomic E-state index is 12.5. The van der Waals surface area contributed by atoms with Crippen molar-refractivity contribution in [1.82, 2.24) is 9.71 Å². The number of hydrogen-bond acceptors (Lipinski definition) is 5. The molecule has 0 amide bonds. The van der Waals surface area contributed by atoms with Crippen LogP contribution in [0, 0.1) is 13.8 Å². The van der Waals surface area contributed by atoms with Gasteiger partial charge in [0.1, 0.15) is 10.6 Å². The molecule has 120 valence electrons. The molecule has 0 atom stereocenters. The van der Waals surface area contributed by atoms with Crippen LogP contribution in [0.5, 0.6) is 5.75 Å². The summed E-state index contributed by atoms with van der Waals surface area (Å²) >= 11 is 7.53. The third-order valence-corrected chi connectivity index (χ3v) is 5.58. The van der Waals surface area contributed by atoms with E-state index in [1.165, 1.54) is 17.4 Å². The normalized spacial score (nSPS) is 11.6. The van der Waals surface area contributed by atoms with E-state index in [-0.39, 0.29) is 11.4 Å². The number of nitrogens with one attached hydrogen (secondary N) is 1. The Labute approximate surface area is 139 Å². The van der Waals surface area contributed by atoms with E-state index in [1.54, 1.807) is 19.9 Å². The monoisotopic (exact) mass is 360 g/mol. The van der Waals surface area contributed by atoms with Gasteiger partial charge < -0.3 is 4.74 Å².